The highest BCUT2D eigenvalue weighted by molar-refractivity contribution is 5.58. The number of nitrogens with zero attached hydrogens (tertiary/aromatic N) is 3. The minimum absolute atomic E-state index is 0.533. The Bertz CT molecular complexity index is 432. The molecular formula is C15H27N5. The Kier molecular flexibility index (Phi) is 4.81. The fraction of sp³-hybridized carbons (Fsp3) is 0.733. The Morgan fingerprint density at radius 1 is 1.20 bits per heavy atom. The normalized spacial score (nSPS) is 18.1. The van der Waals surface area contributed by atoms with Crippen molar-refractivity contribution < 1.29 is 0 Å². The number of nitrogen functional groups attached to an aromatic ring is 1. The third kappa shape index (κ3) is 2.73. The highest BCUT2D eigenvalue weighted by Crippen LogP contribution is 2.39. The van der Waals surface area contributed by atoms with Gasteiger partial charge in [0.1, 0.15) is 18.0 Å². The number of hydrogen-bond donors (Lipinski definition) is 2. The number of rotatable bonds is 5. The number of piperidine rings is 1. The van der Waals surface area contributed by atoms with Gasteiger partial charge in [-0.1, -0.05) is 33.6 Å². The smallest absolute Gasteiger partial charge is 0.148 e. The van der Waals surface area contributed by atoms with Crippen molar-refractivity contribution in [3.05, 3.63) is 11.9 Å². The van der Waals surface area contributed by atoms with Crippen LogP contribution in [0.1, 0.15) is 52.0 Å². The minimum Gasteiger partial charge on any atom is -0.356 e. The zero-order valence-corrected chi connectivity index (χ0v) is 12.9. The third-order valence-electron chi connectivity index (χ3n) is 5.04. The van der Waals surface area contributed by atoms with Crippen molar-refractivity contribution in [2.45, 2.75) is 52.9 Å². The summed E-state index contributed by atoms with van der Waals surface area (Å²) in [6.45, 7) is 8.91. The fourth-order valence-corrected chi connectivity index (χ4v) is 3.28. The van der Waals surface area contributed by atoms with Crippen LogP contribution in [0.15, 0.2) is 6.33 Å². The summed E-state index contributed by atoms with van der Waals surface area (Å²) in [5.41, 5.74) is 4.34. The molecule has 0 unspecified atom stereocenters. The summed E-state index contributed by atoms with van der Waals surface area (Å²) >= 11 is 0. The largest absolute Gasteiger partial charge is 0.356 e. The molecule has 3 N–H and O–H groups in total. The lowest BCUT2D eigenvalue weighted by Crippen LogP contribution is -2.40. The van der Waals surface area contributed by atoms with Crippen LogP contribution in [0.3, 0.4) is 0 Å². The molecule has 1 aromatic rings. The fourth-order valence-electron chi connectivity index (χ4n) is 3.28. The van der Waals surface area contributed by atoms with Crippen LogP contribution in [0, 0.1) is 5.41 Å². The van der Waals surface area contributed by atoms with E-state index >= 15 is 0 Å². The average molecular weight is 277 g/mol. The Labute approximate surface area is 121 Å². The first-order chi connectivity index (χ1) is 9.69. The number of nitrogens with one attached hydrogen (secondary N) is 1. The summed E-state index contributed by atoms with van der Waals surface area (Å²) in [6, 6.07) is 0. The SMILES string of the molecule is CCc1c(NN)ncnc1N1CCC(CC)(CC)CC1. The molecule has 2 rings (SSSR count). The summed E-state index contributed by atoms with van der Waals surface area (Å²) in [6.07, 6.45) is 7.54. The Morgan fingerprint density at radius 2 is 1.85 bits per heavy atom. The standard InChI is InChI=1S/C15H27N5/c1-4-12-13(19-16)17-11-18-14(12)20-9-7-15(5-2,6-3)8-10-20/h11H,4-10,16H2,1-3H3,(H,17,18,19). The molecule has 0 atom stereocenters. The maximum absolute atomic E-state index is 5.55. The molecule has 20 heavy (non-hydrogen) atoms. The molecule has 0 radical (unpaired) electrons. The van der Waals surface area contributed by atoms with Gasteiger partial charge < -0.3 is 10.3 Å². The predicted octanol–water partition coefficient (Wildman–Crippen LogP) is 2.73. The van der Waals surface area contributed by atoms with Gasteiger partial charge in [0.15, 0.2) is 0 Å². The molecule has 1 aromatic heterocycles. The number of nitrogens with two attached hydrogens (primary N) is 1. The van der Waals surface area contributed by atoms with E-state index in [4.69, 9.17) is 5.84 Å². The number of anilines is 2. The maximum Gasteiger partial charge on any atom is 0.148 e. The van der Waals surface area contributed by atoms with Gasteiger partial charge in [0.25, 0.3) is 0 Å². The van der Waals surface area contributed by atoms with E-state index in [1.54, 1.807) is 6.33 Å². The van der Waals surface area contributed by atoms with Crippen LogP contribution >= 0.6 is 0 Å². The zero-order valence-electron chi connectivity index (χ0n) is 12.9. The molecule has 0 bridgehead atoms. The van der Waals surface area contributed by atoms with Crippen LogP contribution in [0.5, 0.6) is 0 Å². The Morgan fingerprint density at radius 3 is 2.35 bits per heavy atom. The van der Waals surface area contributed by atoms with Crippen molar-refractivity contribution in [3.8, 4) is 0 Å². The molecule has 1 aliphatic rings. The van der Waals surface area contributed by atoms with Gasteiger partial charge in [-0.2, -0.15) is 0 Å². The van der Waals surface area contributed by atoms with E-state index in [9.17, 15) is 0 Å². The van der Waals surface area contributed by atoms with Gasteiger partial charge in [-0.3, -0.25) is 0 Å². The summed E-state index contributed by atoms with van der Waals surface area (Å²) in [5.74, 6) is 7.35. The molecule has 0 saturated carbocycles. The molecule has 112 valence electrons. The van der Waals surface area contributed by atoms with Crippen LogP contribution in [-0.4, -0.2) is 23.1 Å². The summed E-state index contributed by atoms with van der Waals surface area (Å²) in [4.78, 5) is 11.1. The molecule has 0 spiro atoms. The van der Waals surface area contributed by atoms with Gasteiger partial charge in [0, 0.05) is 18.7 Å². The van der Waals surface area contributed by atoms with E-state index in [1.165, 1.54) is 25.7 Å². The van der Waals surface area contributed by atoms with Gasteiger partial charge >= 0.3 is 0 Å². The average Bonchev–Trinajstić information content (AvgIpc) is 2.54. The summed E-state index contributed by atoms with van der Waals surface area (Å²) < 4.78 is 0. The molecule has 0 amide bonds. The summed E-state index contributed by atoms with van der Waals surface area (Å²) in [7, 11) is 0. The van der Waals surface area contributed by atoms with Crippen molar-refractivity contribution in [1.29, 1.82) is 0 Å². The first kappa shape index (κ1) is 15.0. The molecular weight excluding hydrogens is 250 g/mol. The van der Waals surface area contributed by atoms with Gasteiger partial charge in [0.05, 0.1) is 0 Å². The van der Waals surface area contributed by atoms with Gasteiger partial charge in [-0.25, -0.2) is 15.8 Å². The third-order valence-corrected chi connectivity index (χ3v) is 5.04. The quantitative estimate of drug-likeness (QED) is 0.640. The van der Waals surface area contributed by atoms with Gasteiger partial charge in [-0.15, -0.1) is 0 Å². The van der Waals surface area contributed by atoms with E-state index < -0.39 is 0 Å². The summed E-state index contributed by atoms with van der Waals surface area (Å²) in [5, 5.41) is 0. The minimum atomic E-state index is 0.533. The van der Waals surface area contributed by atoms with Crippen LogP contribution in [0.4, 0.5) is 11.6 Å². The molecule has 0 aromatic carbocycles. The van der Waals surface area contributed by atoms with Crippen LogP contribution in [-0.2, 0) is 6.42 Å². The number of hydrogen-bond acceptors (Lipinski definition) is 5. The molecule has 5 heteroatoms. The molecule has 1 saturated heterocycles. The lowest BCUT2D eigenvalue weighted by Gasteiger charge is -2.42. The predicted molar refractivity (Wildman–Crippen MR) is 83.7 cm³/mol. The second-order valence-electron chi connectivity index (χ2n) is 5.72. The van der Waals surface area contributed by atoms with Gasteiger partial charge in [-0.05, 0) is 24.7 Å². The Balaban J connectivity index is 2.18. The van der Waals surface area contributed by atoms with Crippen LogP contribution in [0.2, 0.25) is 0 Å². The van der Waals surface area contributed by atoms with E-state index in [1.807, 2.05) is 0 Å². The maximum atomic E-state index is 5.55. The number of hydrazine groups is 1. The molecule has 5 nitrogen and oxygen atoms in total. The number of aromatic nitrogens is 2. The zero-order chi connectivity index (χ0) is 14.6. The molecule has 1 aliphatic heterocycles. The lowest BCUT2D eigenvalue weighted by molar-refractivity contribution is 0.199. The van der Waals surface area contributed by atoms with Crippen LogP contribution < -0.4 is 16.2 Å². The van der Waals surface area contributed by atoms with Crippen molar-refractivity contribution >= 4 is 11.6 Å². The Hall–Kier alpha value is -1.36. The highest BCUT2D eigenvalue weighted by atomic mass is 15.3. The van der Waals surface area contributed by atoms with Crippen molar-refractivity contribution in [1.82, 2.24) is 9.97 Å². The van der Waals surface area contributed by atoms with E-state index in [0.29, 0.717) is 5.41 Å². The first-order valence-electron chi connectivity index (χ1n) is 7.75. The second-order valence-corrected chi connectivity index (χ2v) is 5.72. The van der Waals surface area contributed by atoms with E-state index in [0.717, 1.165) is 36.7 Å². The topological polar surface area (TPSA) is 67.1 Å². The highest BCUT2D eigenvalue weighted by Gasteiger charge is 2.32. The van der Waals surface area contributed by atoms with Crippen molar-refractivity contribution in [3.63, 3.8) is 0 Å². The first-order valence-corrected chi connectivity index (χ1v) is 7.75. The van der Waals surface area contributed by atoms with Crippen molar-refractivity contribution in [2.75, 3.05) is 23.4 Å². The second kappa shape index (κ2) is 6.39. The van der Waals surface area contributed by atoms with Crippen LogP contribution in [0.25, 0.3) is 0 Å². The van der Waals surface area contributed by atoms with E-state index in [-0.39, 0.29) is 0 Å². The molecule has 2 heterocycles. The monoisotopic (exact) mass is 277 g/mol. The van der Waals surface area contributed by atoms with Gasteiger partial charge in [0.2, 0.25) is 0 Å². The van der Waals surface area contributed by atoms with Crippen molar-refractivity contribution in [2.24, 2.45) is 11.3 Å². The van der Waals surface area contributed by atoms with E-state index in [2.05, 4.69) is 41.1 Å². The molecule has 0 aliphatic carbocycles. The lowest BCUT2D eigenvalue weighted by atomic mass is 9.74. The molecule has 1 fully saturated rings.